The van der Waals surface area contributed by atoms with Crippen LogP contribution in [0.1, 0.15) is 23.3 Å². The van der Waals surface area contributed by atoms with Crippen LogP contribution in [0.2, 0.25) is 0 Å². The first-order chi connectivity index (χ1) is 12.3. The minimum absolute atomic E-state index is 0.0810. The number of benzene rings is 1. The minimum Gasteiger partial charge on any atom is -0.406 e. The molecule has 1 amide bonds. The Hall–Kier alpha value is -2.62. The summed E-state index contributed by atoms with van der Waals surface area (Å²) in [5.74, 6) is 0.0692. The molecule has 140 valence electrons. The van der Waals surface area contributed by atoms with Crippen LogP contribution in [-0.2, 0) is 16.0 Å². The fourth-order valence-corrected chi connectivity index (χ4v) is 2.70. The van der Waals surface area contributed by atoms with Gasteiger partial charge >= 0.3 is 6.36 Å². The minimum atomic E-state index is -4.78. The van der Waals surface area contributed by atoms with Gasteiger partial charge in [-0.2, -0.15) is 4.98 Å². The number of morpholine rings is 1. The number of carbonyl (C=O) groups is 1. The number of hydrogen-bond donors (Lipinski definition) is 0. The highest BCUT2D eigenvalue weighted by molar-refractivity contribution is 5.79. The summed E-state index contributed by atoms with van der Waals surface area (Å²) in [6, 6.07) is 4.85. The van der Waals surface area contributed by atoms with Crippen LogP contribution < -0.4 is 4.74 Å². The maximum Gasteiger partial charge on any atom is 0.573 e. The number of ether oxygens (including phenoxy) is 2. The van der Waals surface area contributed by atoms with Gasteiger partial charge in [0, 0.05) is 13.5 Å². The molecule has 1 atom stereocenters. The zero-order valence-corrected chi connectivity index (χ0v) is 13.8. The van der Waals surface area contributed by atoms with E-state index in [9.17, 15) is 18.0 Å². The van der Waals surface area contributed by atoms with Crippen LogP contribution in [0.5, 0.6) is 5.75 Å². The first-order valence-electron chi connectivity index (χ1n) is 7.84. The molecule has 0 aliphatic carbocycles. The van der Waals surface area contributed by atoms with Gasteiger partial charge in [0.15, 0.2) is 5.82 Å². The summed E-state index contributed by atoms with van der Waals surface area (Å²) in [5, 5.41) is 3.83. The average Bonchev–Trinajstić information content (AvgIpc) is 3.00. The fourth-order valence-electron chi connectivity index (χ4n) is 2.70. The lowest BCUT2D eigenvalue weighted by molar-refractivity contribution is -0.274. The molecule has 10 heteroatoms. The Kier molecular flexibility index (Phi) is 5.12. The lowest BCUT2D eigenvalue weighted by Gasteiger charge is -2.33. The third-order valence-corrected chi connectivity index (χ3v) is 3.78. The normalized spacial score (nSPS) is 18.0. The topological polar surface area (TPSA) is 77.7 Å². The second kappa shape index (κ2) is 7.32. The summed E-state index contributed by atoms with van der Waals surface area (Å²) in [5.41, 5.74) is 0.409. The second-order valence-electron chi connectivity index (χ2n) is 5.72. The number of amides is 1. The van der Waals surface area contributed by atoms with Crippen molar-refractivity contribution in [2.24, 2.45) is 0 Å². The Morgan fingerprint density at radius 1 is 1.42 bits per heavy atom. The number of halogens is 3. The van der Waals surface area contributed by atoms with Gasteiger partial charge in [-0.25, -0.2) is 0 Å². The van der Waals surface area contributed by atoms with Crippen LogP contribution in [0.25, 0.3) is 0 Å². The van der Waals surface area contributed by atoms with E-state index in [0.29, 0.717) is 30.4 Å². The zero-order chi connectivity index (χ0) is 18.7. The lowest BCUT2D eigenvalue weighted by Crippen LogP contribution is -2.44. The second-order valence-corrected chi connectivity index (χ2v) is 5.72. The Bertz CT molecular complexity index is 778. The first-order valence-corrected chi connectivity index (χ1v) is 7.84. The van der Waals surface area contributed by atoms with Crippen LogP contribution in [0.3, 0.4) is 0 Å². The van der Waals surface area contributed by atoms with Crippen molar-refractivity contribution in [3.8, 4) is 5.75 Å². The predicted octanol–water partition coefficient (Wildman–Crippen LogP) is 2.42. The van der Waals surface area contributed by atoms with E-state index in [1.54, 1.807) is 17.9 Å². The highest BCUT2D eigenvalue weighted by Gasteiger charge is 2.33. The molecule has 1 aliphatic rings. The Balaban J connectivity index is 1.73. The number of hydrogen-bond acceptors (Lipinski definition) is 6. The van der Waals surface area contributed by atoms with E-state index in [0.717, 1.165) is 0 Å². The van der Waals surface area contributed by atoms with Crippen molar-refractivity contribution in [3.63, 3.8) is 0 Å². The van der Waals surface area contributed by atoms with Crippen molar-refractivity contribution in [2.75, 3.05) is 19.8 Å². The summed E-state index contributed by atoms with van der Waals surface area (Å²) < 4.78 is 51.2. The van der Waals surface area contributed by atoms with Crippen LogP contribution >= 0.6 is 0 Å². The molecular weight excluding hydrogens is 355 g/mol. The van der Waals surface area contributed by atoms with E-state index in [4.69, 9.17) is 9.26 Å². The van der Waals surface area contributed by atoms with Gasteiger partial charge in [-0.05, 0) is 17.7 Å². The monoisotopic (exact) mass is 371 g/mol. The van der Waals surface area contributed by atoms with E-state index in [1.807, 2.05) is 0 Å². The van der Waals surface area contributed by atoms with Crippen LogP contribution in [-0.4, -0.2) is 47.1 Å². The Morgan fingerprint density at radius 3 is 2.92 bits per heavy atom. The average molecular weight is 371 g/mol. The summed E-state index contributed by atoms with van der Waals surface area (Å²) in [7, 11) is 0. The highest BCUT2D eigenvalue weighted by Crippen LogP contribution is 2.25. The third kappa shape index (κ3) is 4.51. The van der Waals surface area contributed by atoms with Gasteiger partial charge in [-0.3, -0.25) is 4.79 Å². The summed E-state index contributed by atoms with van der Waals surface area (Å²) in [4.78, 5) is 18.4. The van der Waals surface area contributed by atoms with Gasteiger partial charge in [0.25, 0.3) is 0 Å². The smallest absolute Gasteiger partial charge is 0.406 e. The molecule has 1 aromatic heterocycles. The van der Waals surface area contributed by atoms with Gasteiger partial charge in [0.05, 0.1) is 19.6 Å². The number of nitrogens with zero attached hydrogens (tertiary/aromatic N) is 3. The largest absolute Gasteiger partial charge is 0.573 e. The summed E-state index contributed by atoms with van der Waals surface area (Å²) in [6.07, 6.45) is -4.86. The van der Waals surface area contributed by atoms with Gasteiger partial charge < -0.3 is 18.9 Å². The molecule has 0 radical (unpaired) electrons. The van der Waals surface area contributed by atoms with E-state index in [-0.39, 0.29) is 24.7 Å². The van der Waals surface area contributed by atoms with Crippen LogP contribution in [0.15, 0.2) is 28.8 Å². The van der Waals surface area contributed by atoms with Gasteiger partial charge in [0.2, 0.25) is 11.8 Å². The van der Waals surface area contributed by atoms with Crippen LogP contribution in [0, 0.1) is 6.92 Å². The number of aryl methyl sites for hydroxylation is 1. The van der Waals surface area contributed by atoms with Gasteiger partial charge in [0.1, 0.15) is 11.8 Å². The van der Waals surface area contributed by atoms with E-state index in [2.05, 4.69) is 14.9 Å². The van der Waals surface area contributed by atoms with E-state index >= 15 is 0 Å². The van der Waals surface area contributed by atoms with Gasteiger partial charge in [-0.1, -0.05) is 17.3 Å². The first kappa shape index (κ1) is 18.2. The van der Waals surface area contributed by atoms with Gasteiger partial charge in [-0.15, -0.1) is 13.2 Å². The number of carbonyl (C=O) groups excluding carboxylic acids is 1. The fraction of sp³-hybridized carbons (Fsp3) is 0.438. The predicted molar refractivity (Wildman–Crippen MR) is 81.1 cm³/mol. The molecule has 1 aliphatic heterocycles. The standard InChI is InChI=1S/C16H16F3N3O4/c1-10-20-15(21-26-10)13-9-24-6-5-22(13)14(23)8-11-3-2-4-12(7-11)25-16(17,18)19/h2-4,7,13H,5-6,8-9H2,1H3. The Labute approximate surface area is 146 Å². The van der Waals surface area contributed by atoms with Crippen molar-refractivity contribution in [1.29, 1.82) is 0 Å². The number of rotatable bonds is 4. The SMILES string of the molecule is Cc1nc(C2COCCN2C(=O)Cc2cccc(OC(F)(F)F)c2)no1. The molecule has 7 nitrogen and oxygen atoms in total. The molecule has 0 saturated carbocycles. The zero-order valence-electron chi connectivity index (χ0n) is 13.8. The molecule has 0 N–H and O–H groups in total. The summed E-state index contributed by atoms with van der Waals surface area (Å²) in [6.45, 7) is 2.55. The molecular formula is C16H16F3N3O4. The molecule has 1 unspecified atom stereocenters. The molecule has 3 rings (SSSR count). The molecule has 1 fully saturated rings. The lowest BCUT2D eigenvalue weighted by atomic mass is 10.1. The van der Waals surface area contributed by atoms with E-state index < -0.39 is 12.4 Å². The van der Waals surface area contributed by atoms with Crippen molar-refractivity contribution in [2.45, 2.75) is 25.7 Å². The Morgan fingerprint density at radius 2 is 2.23 bits per heavy atom. The summed E-state index contributed by atoms with van der Waals surface area (Å²) >= 11 is 0. The molecule has 0 spiro atoms. The molecule has 2 heterocycles. The van der Waals surface area contributed by atoms with E-state index in [1.165, 1.54) is 18.2 Å². The highest BCUT2D eigenvalue weighted by atomic mass is 19.4. The van der Waals surface area contributed by atoms with Crippen molar-refractivity contribution >= 4 is 5.91 Å². The molecule has 2 aromatic rings. The number of aromatic nitrogens is 2. The quantitative estimate of drug-likeness (QED) is 0.822. The molecule has 26 heavy (non-hydrogen) atoms. The van der Waals surface area contributed by atoms with Crippen LogP contribution in [0.4, 0.5) is 13.2 Å². The third-order valence-electron chi connectivity index (χ3n) is 3.78. The maximum atomic E-state index is 12.7. The van der Waals surface area contributed by atoms with Crippen molar-refractivity contribution < 1.29 is 32.0 Å². The van der Waals surface area contributed by atoms with Crippen molar-refractivity contribution in [1.82, 2.24) is 15.0 Å². The molecule has 1 aromatic carbocycles. The maximum absolute atomic E-state index is 12.7. The molecule has 1 saturated heterocycles. The van der Waals surface area contributed by atoms with Crippen molar-refractivity contribution in [3.05, 3.63) is 41.5 Å². The number of alkyl halides is 3. The molecule has 0 bridgehead atoms.